The van der Waals surface area contributed by atoms with Crippen molar-refractivity contribution in [1.82, 2.24) is 25.3 Å². The molecule has 1 saturated heterocycles. The first-order valence-electron chi connectivity index (χ1n) is 8.99. The van der Waals surface area contributed by atoms with E-state index in [2.05, 4.69) is 20.4 Å². The SMILES string of the molecule is O=C(NCc1cc(-c2cccnc2)no1)C1CC(=O)N(Cc2cccnc2)C1. The summed E-state index contributed by atoms with van der Waals surface area (Å²) in [6, 6.07) is 9.22. The molecule has 142 valence electrons. The standard InChI is InChI=1S/C20H19N5O3/c26-19-7-16(13-25(19)12-14-3-1-5-21-9-14)20(27)23-11-17-8-18(24-28-17)15-4-2-6-22-10-15/h1-6,8-10,16H,7,11-13H2,(H,23,27). The average Bonchev–Trinajstić information content (AvgIpc) is 3.35. The lowest BCUT2D eigenvalue weighted by atomic mass is 10.1. The van der Waals surface area contributed by atoms with Gasteiger partial charge in [-0.3, -0.25) is 19.6 Å². The number of pyridine rings is 2. The zero-order chi connectivity index (χ0) is 19.3. The molecule has 3 aromatic heterocycles. The van der Waals surface area contributed by atoms with Crippen molar-refractivity contribution >= 4 is 11.8 Å². The molecule has 4 rings (SSSR count). The van der Waals surface area contributed by atoms with Crippen molar-refractivity contribution in [1.29, 1.82) is 0 Å². The molecule has 1 N–H and O–H groups in total. The van der Waals surface area contributed by atoms with E-state index < -0.39 is 0 Å². The Morgan fingerprint density at radius 2 is 2.04 bits per heavy atom. The molecule has 1 atom stereocenters. The average molecular weight is 377 g/mol. The van der Waals surface area contributed by atoms with Crippen LogP contribution in [0.25, 0.3) is 11.3 Å². The number of nitrogens with one attached hydrogen (secondary N) is 1. The molecule has 0 aromatic carbocycles. The van der Waals surface area contributed by atoms with E-state index in [9.17, 15) is 9.59 Å². The molecule has 1 aliphatic rings. The first-order valence-corrected chi connectivity index (χ1v) is 8.99. The second-order valence-electron chi connectivity index (χ2n) is 6.67. The zero-order valence-electron chi connectivity index (χ0n) is 15.1. The van der Waals surface area contributed by atoms with Gasteiger partial charge >= 0.3 is 0 Å². The summed E-state index contributed by atoms with van der Waals surface area (Å²) in [4.78, 5) is 34.5. The molecule has 0 aliphatic carbocycles. The third-order valence-corrected chi connectivity index (χ3v) is 4.63. The highest BCUT2D eigenvalue weighted by atomic mass is 16.5. The summed E-state index contributed by atoms with van der Waals surface area (Å²) in [5.74, 6) is -0.0162. The minimum absolute atomic E-state index is 0.0254. The maximum absolute atomic E-state index is 12.5. The quantitative estimate of drug-likeness (QED) is 0.703. The molecule has 0 bridgehead atoms. The lowest BCUT2D eigenvalue weighted by molar-refractivity contribution is -0.129. The van der Waals surface area contributed by atoms with Crippen molar-refractivity contribution < 1.29 is 14.1 Å². The maximum Gasteiger partial charge on any atom is 0.225 e. The lowest BCUT2D eigenvalue weighted by Gasteiger charge is -2.16. The van der Waals surface area contributed by atoms with E-state index in [4.69, 9.17) is 4.52 Å². The zero-order valence-corrected chi connectivity index (χ0v) is 15.1. The maximum atomic E-state index is 12.5. The molecule has 28 heavy (non-hydrogen) atoms. The smallest absolute Gasteiger partial charge is 0.225 e. The van der Waals surface area contributed by atoms with Gasteiger partial charge in [-0.15, -0.1) is 0 Å². The molecule has 3 aromatic rings. The molecule has 1 aliphatic heterocycles. The summed E-state index contributed by atoms with van der Waals surface area (Å²) in [7, 11) is 0. The summed E-state index contributed by atoms with van der Waals surface area (Å²) in [5, 5.41) is 6.83. The van der Waals surface area contributed by atoms with Gasteiger partial charge in [0.15, 0.2) is 5.76 Å². The predicted molar refractivity (Wildman–Crippen MR) is 99.3 cm³/mol. The fourth-order valence-corrected chi connectivity index (χ4v) is 3.18. The summed E-state index contributed by atoms with van der Waals surface area (Å²) in [6.45, 7) is 1.09. The molecule has 0 saturated carbocycles. The summed E-state index contributed by atoms with van der Waals surface area (Å²) in [5.41, 5.74) is 2.45. The molecular weight excluding hydrogens is 358 g/mol. The van der Waals surface area contributed by atoms with Crippen molar-refractivity contribution in [3.8, 4) is 11.3 Å². The van der Waals surface area contributed by atoms with Crippen molar-refractivity contribution in [2.45, 2.75) is 19.5 Å². The molecule has 0 spiro atoms. The van der Waals surface area contributed by atoms with E-state index in [1.165, 1.54) is 0 Å². The Balaban J connectivity index is 1.31. The van der Waals surface area contributed by atoms with E-state index in [-0.39, 0.29) is 30.7 Å². The van der Waals surface area contributed by atoms with E-state index in [1.807, 2.05) is 24.3 Å². The van der Waals surface area contributed by atoms with Gasteiger partial charge < -0.3 is 14.7 Å². The fraction of sp³-hybridized carbons (Fsp3) is 0.250. The van der Waals surface area contributed by atoms with Crippen LogP contribution in [-0.4, -0.2) is 38.4 Å². The van der Waals surface area contributed by atoms with Crippen molar-refractivity contribution in [3.05, 3.63) is 66.4 Å². The Hall–Kier alpha value is -3.55. The van der Waals surface area contributed by atoms with Crippen LogP contribution in [0.1, 0.15) is 17.7 Å². The summed E-state index contributed by atoms with van der Waals surface area (Å²) in [6.07, 6.45) is 7.01. The monoisotopic (exact) mass is 377 g/mol. The molecule has 4 heterocycles. The molecular formula is C20H19N5O3. The van der Waals surface area contributed by atoms with Crippen LogP contribution >= 0.6 is 0 Å². The number of carbonyl (C=O) groups is 2. The number of rotatable bonds is 6. The predicted octanol–water partition coefficient (Wildman–Crippen LogP) is 1.80. The van der Waals surface area contributed by atoms with Crippen molar-refractivity contribution in [3.63, 3.8) is 0 Å². The molecule has 8 heteroatoms. The number of hydrogen-bond donors (Lipinski definition) is 1. The first-order chi connectivity index (χ1) is 13.7. The lowest BCUT2D eigenvalue weighted by Crippen LogP contribution is -2.32. The van der Waals surface area contributed by atoms with Crippen molar-refractivity contribution in [2.24, 2.45) is 5.92 Å². The number of nitrogens with zero attached hydrogens (tertiary/aromatic N) is 4. The third-order valence-electron chi connectivity index (χ3n) is 4.63. The highest BCUT2D eigenvalue weighted by Crippen LogP contribution is 2.21. The van der Waals surface area contributed by atoms with Crippen LogP contribution in [0.15, 0.2) is 59.6 Å². The largest absolute Gasteiger partial charge is 0.359 e. The Kier molecular flexibility index (Phi) is 5.09. The van der Waals surface area contributed by atoms with Crippen LogP contribution in [-0.2, 0) is 22.7 Å². The Morgan fingerprint density at radius 3 is 2.79 bits per heavy atom. The number of likely N-dealkylation sites (tertiary alicyclic amines) is 1. The number of hydrogen-bond acceptors (Lipinski definition) is 6. The van der Waals surface area contributed by atoms with E-state index in [0.29, 0.717) is 24.5 Å². The van der Waals surface area contributed by atoms with Crippen LogP contribution in [0, 0.1) is 5.92 Å². The summed E-state index contributed by atoms with van der Waals surface area (Å²) >= 11 is 0. The Bertz CT molecular complexity index is 958. The van der Waals surface area contributed by atoms with E-state index >= 15 is 0 Å². The van der Waals surface area contributed by atoms with Gasteiger partial charge in [0.1, 0.15) is 5.69 Å². The fourth-order valence-electron chi connectivity index (χ4n) is 3.18. The van der Waals surface area contributed by atoms with E-state index in [0.717, 1.165) is 11.1 Å². The van der Waals surface area contributed by atoms with Crippen LogP contribution in [0.4, 0.5) is 0 Å². The molecule has 1 unspecified atom stereocenters. The molecule has 1 fully saturated rings. The van der Waals surface area contributed by atoms with Gasteiger partial charge in [-0.25, -0.2) is 0 Å². The minimum Gasteiger partial charge on any atom is -0.359 e. The number of aromatic nitrogens is 3. The van der Waals surface area contributed by atoms with Gasteiger partial charge in [-0.1, -0.05) is 11.2 Å². The van der Waals surface area contributed by atoms with Gasteiger partial charge in [0.25, 0.3) is 0 Å². The Morgan fingerprint density at radius 1 is 1.21 bits per heavy atom. The van der Waals surface area contributed by atoms with Crippen molar-refractivity contribution in [2.75, 3.05) is 6.54 Å². The summed E-state index contributed by atoms with van der Waals surface area (Å²) < 4.78 is 5.28. The van der Waals surface area contributed by atoms with Crippen LogP contribution in [0.5, 0.6) is 0 Å². The van der Waals surface area contributed by atoms with Crippen LogP contribution in [0.3, 0.4) is 0 Å². The second kappa shape index (κ2) is 7.99. The molecule has 2 amide bonds. The highest BCUT2D eigenvalue weighted by Gasteiger charge is 2.34. The number of amides is 2. The van der Waals surface area contributed by atoms with E-state index in [1.54, 1.807) is 35.8 Å². The van der Waals surface area contributed by atoms with Crippen LogP contribution < -0.4 is 5.32 Å². The van der Waals surface area contributed by atoms with Gasteiger partial charge in [0.2, 0.25) is 11.8 Å². The first kappa shape index (κ1) is 17.8. The second-order valence-corrected chi connectivity index (χ2v) is 6.67. The normalized spacial score (nSPS) is 16.4. The molecule has 0 radical (unpaired) electrons. The Labute approximate surface area is 161 Å². The van der Waals surface area contributed by atoms with Gasteiger partial charge in [0, 0.05) is 55.9 Å². The topological polar surface area (TPSA) is 101 Å². The van der Waals surface area contributed by atoms with Gasteiger partial charge in [0.05, 0.1) is 12.5 Å². The van der Waals surface area contributed by atoms with Crippen LogP contribution in [0.2, 0.25) is 0 Å². The third kappa shape index (κ3) is 4.06. The van der Waals surface area contributed by atoms with Gasteiger partial charge in [-0.2, -0.15) is 0 Å². The molecule has 8 nitrogen and oxygen atoms in total. The highest BCUT2D eigenvalue weighted by molar-refractivity contribution is 5.89. The minimum atomic E-state index is -0.370. The number of carbonyl (C=O) groups excluding carboxylic acids is 2. The van der Waals surface area contributed by atoms with Gasteiger partial charge in [-0.05, 0) is 23.8 Å².